The molecule has 0 aliphatic carbocycles. The molecule has 1 heterocycles. The highest BCUT2D eigenvalue weighted by atomic mass is 16.2. The molecule has 96 valence electrons. The van der Waals surface area contributed by atoms with E-state index < -0.39 is 0 Å². The Kier molecular flexibility index (Phi) is 4.24. The fourth-order valence-corrected chi connectivity index (χ4v) is 1.62. The number of hydrogen-bond acceptors (Lipinski definition) is 4. The van der Waals surface area contributed by atoms with Crippen LogP contribution in [-0.4, -0.2) is 27.2 Å². The zero-order chi connectivity index (χ0) is 13.5. The molecule has 6 heteroatoms. The zero-order valence-corrected chi connectivity index (χ0v) is 10.3. The lowest BCUT2D eigenvalue weighted by molar-refractivity contribution is -0.121. The van der Waals surface area contributed by atoms with Crippen molar-refractivity contribution in [3.8, 4) is 6.07 Å². The van der Waals surface area contributed by atoms with Gasteiger partial charge in [-0.3, -0.25) is 4.79 Å². The number of amides is 1. The monoisotopic (exact) mass is 255 g/mol. The largest absolute Gasteiger partial charge is 0.354 e. The minimum Gasteiger partial charge on any atom is -0.354 e. The summed E-state index contributed by atoms with van der Waals surface area (Å²) in [5.74, 6) is -0.0811. The van der Waals surface area contributed by atoms with Crippen LogP contribution in [0.5, 0.6) is 0 Å². The third-order valence-electron chi connectivity index (χ3n) is 2.52. The van der Waals surface area contributed by atoms with Crippen LogP contribution in [0.3, 0.4) is 0 Å². The molecule has 0 spiro atoms. The number of nitrogens with zero attached hydrogens (tertiary/aromatic N) is 4. The summed E-state index contributed by atoms with van der Waals surface area (Å²) in [5.41, 5.74) is 1.18. The first-order valence-electron chi connectivity index (χ1n) is 5.88. The number of nitriles is 1. The number of aromatic nitrogens is 3. The van der Waals surface area contributed by atoms with Gasteiger partial charge in [-0.25, -0.2) is 9.67 Å². The Morgan fingerprint density at radius 2 is 2.16 bits per heavy atom. The van der Waals surface area contributed by atoms with E-state index in [4.69, 9.17) is 5.26 Å². The maximum Gasteiger partial charge on any atom is 0.252 e. The standard InChI is InChI=1S/C13H13N5O/c14-8-12-16-10-18(17-12)9-13(19)15-7-6-11-4-2-1-3-5-11/h1-5,10H,6-7,9H2,(H,15,19). The number of rotatable bonds is 5. The van der Waals surface area contributed by atoms with Crippen LogP contribution in [-0.2, 0) is 17.8 Å². The van der Waals surface area contributed by atoms with Gasteiger partial charge in [-0.1, -0.05) is 30.3 Å². The minimum absolute atomic E-state index is 0.0667. The van der Waals surface area contributed by atoms with E-state index in [2.05, 4.69) is 15.4 Å². The van der Waals surface area contributed by atoms with E-state index in [0.29, 0.717) is 6.54 Å². The molecule has 1 aromatic carbocycles. The van der Waals surface area contributed by atoms with E-state index in [1.54, 1.807) is 0 Å². The van der Waals surface area contributed by atoms with E-state index in [-0.39, 0.29) is 18.3 Å². The molecule has 0 unspecified atom stereocenters. The van der Waals surface area contributed by atoms with Crippen molar-refractivity contribution in [3.05, 3.63) is 48.0 Å². The summed E-state index contributed by atoms with van der Waals surface area (Å²) in [5, 5.41) is 15.2. The van der Waals surface area contributed by atoms with Gasteiger partial charge in [0.1, 0.15) is 18.9 Å². The van der Waals surface area contributed by atoms with Gasteiger partial charge in [-0.15, -0.1) is 5.10 Å². The highest BCUT2D eigenvalue weighted by Gasteiger charge is 2.04. The average molecular weight is 255 g/mol. The molecular formula is C13H13N5O. The van der Waals surface area contributed by atoms with Crippen LogP contribution in [0, 0.1) is 11.3 Å². The van der Waals surface area contributed by atoms with Gasteiger partial charge in [0.15, 0.2) is 0 Å². The average Bonchev–Trinajstić information content (AvgIpc) is 2.87. The number of benzene rings is 1. The lowest BCUT2D eigenvalue weighted by Gasteiger charge is -2.05. The van der Waals surface area contributed by atoms with Gasteiger partial charge < -0.3 is 5.32 Å². The highest BCUT2D eigenvalue weighted by molar-refractivity contribution is 5.75. The van der Waals surface area contributed by atoms with Gasteiger partial charge in [0.2, 0.25) is 5.91 Å². The maximum atomic E-state index is 11.6. The van der Waals surface area contributed by atoms with Crippen molar-refractivity contribution in [2.45, 2.75) is 13.0 Å². The van der Waals surface area contributed by atoms with E-state index in [1.165, 1.54) is 16.6 Å². The third kappa shape index (κ3) is 3.92. The molecule has 2 aromatic rings. The van der Waals surface area contributed by atoms with Crippen molar-refractivity contribution in [3.63, 3.8) is 0 Å². The van der Waals surface area contributed by atoms with Gasteiger partial charge in [-0.2, -0.15) is 5.26 Å². The van der Waals surface area contributed by atoms with Gasteiger partial charge in [-0.05, 0) is 12.0 Å². The molecule has 2 rings (SSSR count). The van der Waals surface area contributed by atoms with E-state index in [1.807, 2.05) is 36.4 Å². The van der Waals surface area contributed by atoms with Crippen molar-refractivity contribution in [1.82, 2.24) is 20.1 Å². The van der Waals surface area contributed by atoms with Crippen molar-refractivity contribution in [2.24, 2.45) is 0 Å². The number of carbonyl (C=O) groups is 1. The lowest BCUT2D eigenvalue weighted by Crippen LogP contribution is -2.29. The summed E-state index contributed by atoms with van der Waals surface area (Å²) in [7, 11) is 0. The van der Waals surface area contributed by atoms with Crippen molar-refractivity contribution < 1.29 is 4.79 Å². The van der Waals surface area contributed by atoms with Crippen molar-refractivity contribution >= 4 is 5.91 Å². The molecular weight excluding hydrogens is 242 g/mol. The summed E-state index contributed by atoms with van der Waals surface area (Å²) in [6.45, 7) is 0.645. The quantitative estimate of drug-likeness (QED) is 0.843. The predicted octanol–water partition coefficient (Wildman–Crippen LogP) is 0.509. The zero-order valence-electron chi connectivity index (χ0n) is 10.3. The second-order valence-corrected chi connectivity index (χ2v) is 3.96. The number of carbonyl (C=O) groups excluding carboxylic acids is 1. The molecule has 0 atom stereocenters. The molecule has 0 aliphatic heterocycles. The Bertz CT molecular complexity index is 585. The normalized spacial score (nSPS) is 9.84. The minimum atomic E-state index is -0.148. The summed E-state index contributed by atoms with van der Waals surface area (Å²) in [6.07, 6.45) is 2.16. The topological polar surface area (TPSA) is 83.6 Å². The smallest absolute Gasteiger partial charge is 0.252 e. The summed E-state index contributed by atoms with van der Waals surface area (Å²) >= 11 is 0. The number of hydrogen-bond donors (Lipinski definition) is 1. The first-order valence-corrected chi connectivity index (χ1v) is 5.88. The fraction of sp³-hybridized carbons (Fsp3) is 0.231. The summed E-state index contributed by atoms with van der Waals surface area (Å²) in [6, 6.07) is 11.7. The second-order valence-electron chi connectivity index (χ2n) is 3.96. The first kappa shape index (κ1) is 12.8. The van der Waals surface area contributed by atoms with Crippen LogP contribution < -0.4 is 5.32 Å². The second kappa shape index (κ2) is 6.31. The summed E-state index contributed by atoms with van der Waals surface area (Å²) in [4.78, 5) is 15.3. The Hall–Kier alpha value is -2.68. The molecule has 0 radical (unpaired) electrons. The Morgan fingerprint density at radius 1 is 1.37 bits per heavy atom. The van der Waals surface area contributed by atoms with Crippen molar-refractivity contribution in [2.75, 3.05) is 6.54 Å². The molecule has 1 aromatic heterocycles. The van der Waals surface area contributed by atoms with Gasteiger partial charge >= 0.3 is 0 Å². The fourth-order valence-electron chi connectivity index (χ4n) is 1.62. The van der Waals surface area contributed by atoms with E-state index >= 15 is 0 Å². The molecule has 6 nitrogen and oxygen atoms in total. The van der Waals surface area contributed by atoms with E-state index in [9.17, 15) is 4.79 Å². The third-order valence-corrected chi connectivity index (χ3v) is 2.52. The first-order chi connectivity index (χ1) is 9.28. The lowest BCUT2D eigenvalue weighted by atomic mass is 10.1. The Morgan fingerprint density at radius 3 is 2.84 bits per heavy atom. The van der Waals surface area contributed by atoms with Crippen LogP contribution in [0.1, 0.15) is 11.4 Å². The molecule has 0 bridgehead atoms. The molecule has 0 saturated heterocycles. The molecule has 0 aliphatic rings. The summed E-state index contributed by atoms with van der Waals surface area (Å²) < 4.78 is 1.34. The molecule has 1 amide bonds. The molecule has 1 N–H and O–H groups in total. The number of nitrogens with one attached hydrogen (secondary N) is 1. The predicted molar refractivity (Wildman–Crippen MR) is 67.9 cm³/mol. The van der Waals surface area contributed by atoms with Gasteiger partial charge in [0.05, 0.1) is 0 Å². The Balaban J connectivity index is 1.74. The van der Waals surface area contributed by atoms with Gasteiger partial charge in [0.25, 0.3) is 5.82 Å². The maximum absolute atomic E-state index is 11.6. The molecule has 0 saturated carbocycles. The van der Waals surface area contributed by atoms with E-state index in [0.717, 1.165) is 6.42 Å². The van der Waals surface area contributed by atoms with Crippen LogP contribution in [0.4, 0.5) is 0 Å². The van der Waals surface area contributed by atoms with Crippen LogP contribution in [0.2, 0.25) is 0 Å². The molecule has 19 heavy (non-hydrogen) atoms. The van der Waals surface area contributed by atoms with Crippen LogP contribution >= 0.6 is 0 Å². The van der Waals surface area contributed by atoms with Crippen molar-refractivity contribution in [1.29, 1.82) is 5.26 Å². The molecule has 0 fully saturated rings. The van der Waals surface area contributed by atoms with Crippen LogP contribution in [0.25, 0.3) is 0 Å². The Labute approximate surface area is 110 Å². The van der Waals surface area contributed by atoms with Crippen LogP contribution in [0.15, 0.2) is 36.7 Å². The SMILES string of the molecule is N#Cc1ncn(CC(=O)NCCc2ccccc2)n1. The van der Waals surface area contributed by atoms with Gasteiger partial charge in [0, 0.05) is 6.54 Å². The highest BCUT2D eigenvalue weighted by Crippen LogP contribution is 1.98.